The van der Waals surface area contributed by atoms with Gasteiger partial charge in [0.25, 0.3) is 5.91 Å². The molecule has 0 bridgehead atoms. The molecule has 0 aliphatic rings. The third kappa shape index (κ3) is 2.99. The monoisotopic (exact) mass is 263 g/mol. The maximum absolute atomic E-state index is 13.1. The molecule has 1 aromatic heterocycles. The van der Waals surface area contributed by atoms with Gasteiger partial charge in [0.1, 0.15) is 17.0 Å². The van der Waals surface area contributed by atoms with Crippen molar-refractivity contribution >= 4 is 16.9 Å². The van der Waals surface area contributed by atoms with Crippen molar-refractivity contribution in [3.05, 3.63) is 46.1 Å². The van der Waals surface area contributed by atoms with Gasteiger partial charge in [0.05, 0.1) is 0 Å². The van der Waals surface area contributed by atoms with Gasteiger partial charge >= 0.3 is 5.63 Å². The summed E-state index contributed by atoms with van der Waals surface area (Å²) in [6.07, 6.45) is 1.77. The molecular formula is C14H14FNO3. The lowest BCUT2D eigenvalue weighted by molar-refractivity contribution is 0.0949. The summed E-state index contributed by atoms with van der Waals surface area (Å²) in [6, 6.07) is 5.14. The van der Waals surface area contributed by atoms with Crippen LogP contribution in [0.15, 0.2) is 33.5 Å². The van der Waals surface area contributed by atoms with Gasteiger partial charge < -0.3 is 9.73 Å². The van der Waals surface area contributed by atoms with E-state index in [0.717, 1.165) is 12.8 Å². The lowest BCUT2D eigenvalue weighted by Crippen LogP contribution is -2.28. The molecule has 1 aromatic carbocycles. The van der Waals surface area contributed by atoms with Gasteiger partial charge in [-0.2, -0.15) is 0 Å². The number of benzene rings is 1. The first-order valence-corrected chi connectivity index (χ1v) is 6.13. The SMILES string of the molecule is CCCCNC(=O)c1cc2cc(F)ccc2oc1=O. The second-order valence-electron chi connectivity index (χ2n) is 4.24. The fraction of sp³-hybridized carbons (Fsp3) is 0.286. The lowest BCUT2D eigenvalue weighted by Gasteiger charge is -2.04. The van der Waals surface area contributed by atoms with Crippen molar-refractivity contribution in [3.63, 3.8) is 0 Å². The van der Waals surface area contributed by atoms with Crippen molar-refractivity contribution in [1.29, 1.82) is 0 Å². The van der Waals surface area contributed by atoms with Crippen molar-refractivity contribution in [3.8, 4) is 0 Å². The second kappa shape index (κ2) is 5.65. The van der Waals surface area contributed by atoms with Gasteiger partial charge in [-0.15, -0.1) is 0 Å². The molecule has 0 aliphatic heterocycles. The van der Waals surface area contributed by atoms with Crippen LogP contribution >= 0.6 is 0 Å². The van der Waals surface area contributed by atoms with Gasteiger partial charge in [0.15, 0.2) is 0 Å². The van der Waals surface area contributed by atoms with Crippen LogP contribution in [-0.4, -0.2) is 12.5 Å². The molecule has 19 heavy (non-hydrogen) atoms. The normalized spacial score (nSPS) is 10.6. The molecule has 2 rings (SSSR count). The topological polar surface area (TPSA) is 59.3 Å². The summed E-state index contributed by atoms with van der Waals surface area (Å²) in [4.78, 5) is 23.5. The summed E-state index contributed by atoms with van der Waals surface area (Å²) < 4.78 is 18.1. The third-order valence-electron chi connectivity index (χ3n) is 2.75. The molecule has 0 radical (unpaired) electrons. The van der Waals surface area contributed by atoms with E-state index >= 15 is 0 Å². The Kier molecular flexibility index (Phi) is 3.94. The van der Waals surface area contributed by atoms with Crippen molar-refractivity contribution in [2.45, 2.75) is 19.8 Å². The van der Waals surface area contributed by atoms with E-state index in [4.69, 9.17) is 4.42 Å². The molecule has 0 spiro atoms. The Bertz CT molecular complexity index is 663. The van der Waals surface area contributed by atoms with Crippen molar-refractivity contribution in [2.75, 3.05) is 6.54 Å². The molecule has 5 heteroatoms. The highest BCUT2D eigenvalue weighted by molar-refractivity contribution is 5.96. The van der Waals surface area contributed by atoms with E-state index in [-0.39, 0.29) is 11.1 Å². The number of unbranched alkanes of at least 4 members (excludes halogenated alkanes) is 1. The zero-order chi connectivity index (χ0) is 13.8. The molecule has 2 aromatic rings. The van der Waals surface area contributed by atoms with Crippen LogP contribution in [0.4, 0.5) is 4.39 Å². The molecule has 1 amide bonds. The van der Waals surface area contributed by atoms with E-state index in [0.29, 0.717) is 11.9 Å². The molecule has 1 heterocycles. The quantitative estimate of drug-likeness (QED) is 0.681. The number of halogens is 1. The number of carbonyl (C=O) groups is 1. The molecule has 0 saturated carbocycles. The zero-order valence-corrected chi connectivity index (χ0v) is 10.5. The summed E-state index contributed by atoms with van der Waals surface area (Å²) in [5, 5.41) is 3.02. The van der Waals surface area contributed by atoms with Crippen LogP contribution in [0.1, 0.15) is 30.1 Å². The lowest BCUT2D eigenvalue weighted by atomic mass is 10.1. The summed E-state index contributed by atoms with van der Waals surface area (Å²) in [7, 11) is 0. The van der Waals surface area contributed by atoms with Gasteiger partial charge in [-0.1, -0.05) is 13.3 Å². The van der Waals surface area contributed by atoms with Crippen LogP contribution in [0.5, 0.6) is 0 Å². The van der Waals surface area contributed by atoms with E-state index in [1.54, 1.807) is 0 Å². The first-order chi connectivity index (χ1) is 9.11. The maximum Gasteiger partial charge on any atom is 0.349 e. The highest BCUT2D eigenvalue weighted by Crippen LogP contribution is 2.14. The van der Waals surface area contributed by atoms with Gasteiger partial charge in [-0.05, 0) is 30.7 Å². The molecule has 0 saturated heterocycles. The van der Waals surface area contributed by atoms with E-state index in [2.05, 4.69) is 5.32 Å². The number of fused-ring (bicyclic) bond motifs is 1. The van der Waals surface area contributed by atoms with Gasteiger partial charge in [0, 0.05) is 11.9 Å². The number of rotatable bonds is 4. The highest BCUT2D eigenvalue weighted by Gasteiger charge is 2.13. The summed E-state index contributed by atoms with van der Waals surface area (Å²) in [6.45, 7) is 2.50. The van der Waals surface area contributed by atoms with Crippen molar-refractivity contribution in [2.24, 2.45) is 0 Å². The second-order valence-corrected chi connectivity index (χ2v) is 4.24. The predicted octanol–water partition coefficient (Wildman–Crippen LogP) is 2.46. The Morgan fingerprint density at radius 3 is 2.89 bits per heavy atom. The Morgan fingerprint density at radius 2 is 2.16 bits per heavy atom. The van der Waals surface area contributed by atoms with Crippen LogP contribution in [-0.2, 0) is 0 Å². The summed E-state index contributed by atoms with van der Waals surface area (Å²) >= 11 is 0. The average Bonchev–Trinajstić information content (AvgIpc) is 2.38. The fourth-order valence-corrected chi connectivity index (χ4v) is 1.73. The van der Waals surface area contributed by atoms with E-state index in [1.807, 2.05) is 6.92 Å². The summed E-state index contributed by atoms with van der Waals surface area (Å²) in [5.74, 6) is -0.938. The first-order valence-electron chi connectivity index (χ1n) is 6.13. The summed E-state index contributed by atoms with van der Waals surface area (Å²) in [5.41, 5.74) is -0.557. The molecule has 0 unspecified atom stereocenters. The number of amides is 1. The molecule has 0 aliphatic carbocycles. The largest absolute Gasteiger partial charge is 0.422 e. The third-order valence-corrected chi connectivity index (χ3v) is 2.75. The Hall–Kier alpha value is -2.17. The number of hydrogen-bond acceptors (Lipinski definition) is 3. The minimum Gasteiger partial charge on any atom is -0.422 e. The minimum atomic E-state index is -0.715. The van der Waals surface area contributed by atoms with Crippen molar-refractivity contribution < 1.29 is 13.6 Å². The fourth-order valence-electron chi connectivity index (χ4n) is 1.73. The Balaban J connectivity index is 2.35. The van der Waals surface area contributed by atoms with E-state index in [9.17, 15) is 14.0 Å². The van der Waals surface area contributed by atoms with Gasteiger partial charge in [0.2, 0.25) is 0 Å². The average molecular weight is 263 g/mol. The van der Waals surface area contributed by atoms with Crippen LogP contribution < -0.4 is 10.9 Å². The number of nitrogens with one attached hydrogen (secondary N) is 1. The first kappa shape index (κ1) is 13.3. The molecule has 4 nitrogen and oxygen atoms in total. The Morgan fingerprint density at radius 1 is 1.37 bits per heavy atom. The van der Waals surface area contributed by atoms with E-state index < -0.39 is 17.3 Å². The molecular weight excluding hydrogens is 249 g/mol. The zero-order valence-electron chi connectivity index (χ0n) is 10.5. The van der Waals surface area contributed by atoms with Crippen LogP contribution in [0, 0.1) is 5.82 Å². The van der Waals surface area contributed by atoms with Crippen LogP contribution in [0.3, 0.4) is 0 Å². The molecule has 1 N–H and O–H groups in total. The maximum atomic E-state index is 13.1. The number of hydrogen-bond donors (Lipinski definition) is 1. The number of carbonyl (C=O) groups excluding carboxylic acids is 1. The Labute approximate surface area is 109 Å². The molecule has 100 valence electrons. The molecule has 0 fully saturated rings. The van der Waals surface area contributed by atoms with Crippen LogP contribution in [0.2, 0.25) is 0 Å². The van der Waals surface area contributed by atoms with Crippen molar-refractivity contribution in [1.82, 2.24) is 5.32 Å². The van der Waals surface area contributed by atoms with Gasteiger partial charge in [-0.25, -0.2) is 9.18 Å². The minimum absolute atomic E-state index is 0.103. The van der Waals surface area contributed by atoms with E-state index in [1.165, 1.54) is 24.3 Å². The predicted molar refractivity (Wildman–Crippen MR) is 69.7 cm³/mol. The highest BCUT2D eigenvalue weighted by atomic mass is 19.1. The van der Waals surface area contributed by atoms with Gasteiger partial charge in [-0.3, -0.25) is 4.79 Å². The van der Waals surface area contributed by atoms with Crippen LogP contribution in [0.25, 0.3) is 11.0 Å². The molecule has 0 atom stereocenters. The standard InChI is InChI=1S/C14H14FNO3/c1-2-3-6-16-13(17)11-8-9-7-10(15)4-5-12(9)19-14(11)18/h4-5,7-8H,2-3,6H2,1H3,(H,16,17). The smallest absolute Gasteiger partial charge is 0.349 e.